The number of ether oxygens (including phenoxy) is 1. The lowest BCUT2D eigenvalue weighted by Gasteiger charge is -2.26. The Labute approximate surface area is 113 Å². The Bertz CT molecular complexity index is 442. The maximum atomic E-state index is 11.2. The highest BCUT2D eigenvalue weighted by molar-refractivity contribution is 5.99. The third kappa shape index (κ3) is 3.61. The van der Waals surface area contributed by atoms with Gasteiger partial charge < -0.3 is 16.2 Å². The molecule has 0 bridgehead atoms. The summed E-state index contributed by atoms with van der Waals surface area (Å²) in [5, 5.41) is 0. The molecule has 0 aromatic heterocycles. The van der Waals surface area contributed by atoms with Crippen molar-refractivity contribution in [2.24, 2.45) is 5.73 Å². The van der Waals surface area contributed by atoms with Crippen LogP contribution in [-0.2, 0) is 0 Å². The van der Waals surface area contributed by atoms with Crippen molar-refractivity contribution in [2.75, 3.05) is 32.0 Å². The molecule has 0 atom stereocenters. The molecular formula is C14H21N3O2. The van der Waals surface area contributed by atoms with E-state index >= 15 is 0 Å². The molecule has 4 N–H and O–H groups in total. The third-order valence-electron chi connectivity index (χ3n) is 3.45. The first kappa shape index (κ1) is 13.7. The molecule has 0 spiro atoms. The highest BCUT2D eigenvalue weighted by Crippen LogP contribution is 2.24. The number of primary amides is 1. The average Bonchev–Trinajstić information content (AvgIpc) is 2.41. The summed E-state index contributed by atoms with van der Waals surface area (Å²) >= 11 is 0. The predicted molar refractivity (Wildman–Crippen MR) is 75.2 cm³/mol. The van der Waals surface area contributed by atoms with Crippen molar-refractivity contribution in [3.63, 3.8) is 0 Å². The number of hydrogen-bond donors (Lipinski definition) is 2. The van der Waals surface area contributed by atoms with E-state index in [1.807, 2.05) is 0 Å². The number of nitrogens with zero attached hydrogens (tertiary/aromatic N) is 1. The Morgan fingerprint density at radius 2 is 2.00 bits per heavy atom. The normalized spacial score (nSPS) is 16.2. The molecule has 2 rings (SSSR count). The summed E-state index contributed by atoms with van der Waals surface area (Å²) in [5.74, 6) is 0.00675. The van der Waals surface area contributed by atoms with Gasteiger partial charge in [0.1, 0.15) is 12.4 Å². The van der Waals surface area contributed by atoms with Crippen molar-refractivity contribution < 1.29 is 9.53 Å². The molecule has 1 aliphatic rings. The molecule has 0 unspecified atom stereocenters. The first-order valence-corrected chi connectivity index (χ1v) is 6.72. The van der Waals surface area contributed by atoms with E-state index in [2.05, 4.69) is 4.90 Å². The van der Waals surface area contributed by atoms with Crippen LogP contribution < -0.4 is 16.2 Å². The highest BCUT2D eigenvalue weighted by Gasteiger charge is 2.12. The second-order valence-electron chi connectivity index (χ2n) is 4.83. The number of rotatable bonds is 5. The minimum atomic E-state index is -0.529. The van der Waals surface area contributed by atoms with Crippen LogP contribution in [0.5, 0.6) is 5.75 Å². The first-order chi connectivity index (χ1) is 9.18. The fraction of sp³-hybridized carbons (Fsp3) is 0.500. The zero-order valence-electron chi connectivity index (χ0n) is 11.1. The lowest BCUT2D eigenvalue weighted by atomic mass is 10.1. The molecule has 5 heteroatoms. The number of piperidine rings is 1. The van der Waals surface area contributed by atoms with Crippen molar-refractivity contribution in [1.29, 1.82) is 0 Å². The molecule has 1 aliphatic heterocycles. The highest BCUT2D eigenvalue weighted by atomic mass is 16.5. The summed E-state index contributed by atoms with van der Waals surface area (Å²) in [4.78, 5) is 13.6. The summed E-state index contributed by atoms with van der Waals surface area (Å²) < 4.78 is 5.66. The molecule has 0 radical (unpaired) electrons. The van der Waals surface area contributed by atoms with Gasteiger partial charge in [-0.3, -0.25) is 9.69 Å². The van der Waals surface area contributed by atoms with E-state index < -0.39 is 5.91 Å². The monoisotopic (exact) mass is 263 g/mol. The second-order valence-corrected chi connectivity index (χ2v) is 4.83. The van der Waals surface area contributed by atoms with Crippen LogP contribution in [0.4, 0.5) is 5.69 Å². The van der Waals surface area contributed by atoms with Gasteiger partial charge in [-0.1, -0.05) is 12.5 Å². The number of para-hydroxylation sites is 1. The summed E-state index contributed by atoms with van der Waals surface area (Å²) in [6.07, 6.45) is 3.85. The van der Waals surface area contributed by atoms with Gasteiger partial charge in [-0.15, -0.1) is 0 Å². The lowest BCUT2D eigenvalue weighted by molar-refractivity contribution is 0.100. The van der Waals surface area contributed by atoms with Crippen molar-refractivity contribution in [3.05, 3.63) is 23.8 Å². The van der Waals surface area contributed by atoms with E-state index in [4.69, 9.17) is 16.2 Å². The molecular weight excluding hydrogens is 242 g/mol. The van der Waals surface area contributed by atoms with Crippen molar-refractivity contribution in [2.45, 2.75) is 19.3 Å². The fourth-order valence-electron chi connectivity index (χ4n) is 2.35. The van der Waals surface area contributed by atoms with Gasteiger partial charge in [0.05, 0.1) is 11.3 Å². The Morgan fingerprint density at radius 3 is 2.68 bits per heavy atom. The largest absolute Gasteiger partial charge is 0.490 e. The van der Waals surface area contributed by atoms with E-state index in [1.165, 1.54) is 19.3 Å². The minimum Gasteiger partial charge on any atom is -0.490 e. The quantitative estimate of drug-likeness (QED) is 0.783. The van der Waals surface area contributed by atoms with Gasteiger partial charge in [-0.05, 0) is 38.1 Å². The van der Waals surface area contributed by atoms with Gasteiger partial charge in [0.15, 0.2) is 0 Å². The van der Waals surface area contributed by atoms with Crippen LogP contribution in [-0.4, -0.2) is 37.0 Å². The zero-order chi connectivity index (χ0) is 13.7. The number of benzene rings is 1. The summed E-state index contributed by atoms with van der Waals surface area (Å²) in [7, 11) is 0. The molecule has 1 heterocycles. The molecule has 1 aromatic rings. The maximum absolute atomic E-state index is 11.2. The van der Waals surface area contributed by atoms with Crippen molar-refractivity contribution in [3.8, 4) is 5.75 Å². The minimum absolute atomic E-state index is 0.315. The van der Waals surface area contributed by atoms with E-state index in [-0.39, 0.29) is 0 Å². The standard InChI is InChI=1S/C14H21N3O2/c15-13-11(14(16)18)5-4-6-12(13)19-10-9-17-7-2-1-3-8-17/h4-6H,1-3,7-10,15H2,(H2,16,18). The van der Waals surface area contributed by atoms with Crippen LogP contribution in [0.2, 0.25) is 0 Å². The number of nitrogens with two attached hydrogens (primary N) is 2. The Hall–Kier alpha value is -1.75. The summed E-state index contributed by atoms with van der Waals surface area (Å²) in [6.45, 7) is 3.74. The molecule has 1 amide bonds. The van der Waals surface area contributed by atoms with Crippen LogP contribution in [0.25, 0.3) is 0 Å². The molecule has 1 saturated heterocycles. The number of nitrogen functional groups attached to an aromatic ring is 1. The maximum Gasteiger partial charge on any atom is 0.250 e. The van der Waals surface area contributed by atoms with Gasteiger partial charge in [0.25, 0.3) is 5.91 Å². The van der Waals surface area contributed by atoms with Crippen molar-refractivity contribution >= 4 is 11.6 Å². The summed E-state index contributed by atoms with van der Waals surface area (Å²) in [6, 6.07) is 5.10. The van der Waals surface area contributed by atoms with Crippen LogP contribution in [0, 0.1) is 0 Å². The van der Waals surface area contributed by atoms with E-state index in [9.17, 15) is 4.79 Å². The molecule has 1 aromatic carbocycles. The number of anilines is 1. The number of hydrogen-bond acceptors (Lipinski definition) is 4. The molecule has 104 valence electrons. The Morgan fingerprint density at radius 1 is 1.26 bits per heavy atom. The molecule has 1 fully saturated rings. The number of carbonyl (C=O) groups excluding carboxylic acids is 1. The predicted octanol–water partition coefficient (Wildman–Crippen LogP) is 1.23. The van der Waals surface area contributed by atoms with Crippen LogP contribution >= 0.6 is 0 Å². The van der Waals surface area contributed by atoms with E-state index in [1.54, 1.807) is 18.2 Å². The molecule has 0 saturated carbocycles. The molecule has 19 heavy (non-hydrogen) atoms. The first-order valence-electron chi connectivity index (χ1n) is 6.72. The third-order valence-corrected chi connectivity index (χ3v) is 3.45. The van der Waals surface area contributed by atoms with E-state index in [0.29, 0.717) is 23.6 Å². The molecule has 5 nitrogen and oxygen atoms in total. The average molecular weight is 263 g/mol. The Balaban J connectivity index is 1.88. The van der Waals surface area contributed by atoms with Crippen LogP contribution in [0.3, 0.4) is 0 Å². The lowest BCUT2D eigenvalue weighted by Crippen LogP contribution is -2.33. The smallest absolute Gasteiger partial charge is 0.250 e. The topological polar surface area (TPSA) is 81.6 Å². The van der Waals surface area contributed by atoms with Crippen molar-refractivity contribution in [1.82, 2.24) is 4.90 Å². The van der Waals surface area contributed by atoms with Gasteiger partial charge in [0.2, 0.25) is 0 Å². The number of amides is 1. The van der Waals surface area contributed by atoms with Gasteiger partial charge >= 0.3 is 0 Å². The van der Waals surface area contributed by atoms with E-state index in [0.717, 1.165) is 19.6 Å². The number of likely N-dealkylation sites (tertiary alicyclic amines) is 1. The van der Waals surface area contributed by atoms with Gasteiger partial charge in [-0.25, -0.2) is 0 Å². The Kier molecular flexibility index (Phi) is 4.63. The summed E-state index contributed by atoms with van der Waals surface area (Å²) in [5.41, 5.74) is 11.8. The molecule has 0 aliphatic carbocycles. The van der Waals surface area contributed by atoms with Gasteiger partial charge in [-0.2, -0.15) is 0 Å². The van der Waals surface area contributed by atoms with Gasteiger partial charge in [0, 0.05) is 6.54 Å². The van der Waals surface area contributed by atoms with Crippen LogP contribution in [0.15, 0.2) is 18.2 Å². The zero-order valence-corrected chi connectivity index (χ0v) is 11.1. The SMILES string of the molecule is NC(=O)c1cccc(OCCN2CCCCC2)c1N. The number of carbonyl (C=O) groups is 1. The fourth-order valence-corrected chi connectivity index (χ4v) is 2.35. The second kappa shape index (κ2) is 6.43. The van der Waals surface area contributed by atoms with Crippen LogP contribution in [0.1, 0.15) is 29.6 Å².